The average Bonchev–Trinajstić information content (AvgIpc) is 3.47. The van der Waals surface area contributed by atoms with Gasteiger partial charge in [-0.25, -0.2) is 0 Å². The Labute approximate surface area is 133 Å². The van der Waals surface area contributed by atoms with E-state index in [4.69, 9.17) is 0 Å². The number of hydrogen-bond acceptors (Lipinski definition) is 1. The Bertz CT molecular complexity index is 521. The van der Waals surface area contributed by atoms with Gasteiger partial charge in [0.25, 0.3) is 5.91 Å². The van der Waals surface area contributed by atoms with Crippen molar-refractivity contribution in [3.8, 4) is 0 Å². The van der Waals surface area contributed by atoms with Gasteiger partial charge in [-0.05, 0) is 68.1 Å². The van der Waals surface area contributed by atoms with Crippen molar-refractivity contribution in [3.05, 3.63) is 35.4 Å². The zero-order valence-corrected chi connectivity index (χ0v) is 13.5. The third kappa shape index (κ3) is 3.21. The molecule has 1 amide bonds. The largest absolute Gasteiger partial charge is 0.335 e. The number of hydrogen-bond donors (Lipinski definition) is 0. The van der Waals surface area contributed by atoms with Crippen LogP contribution in [0.1, 0.15) is 79.6 Å². The minimum Gasteiger partial charge on any atom is -0.335 e. The molecule has 3 aliphatic rings. The van der Waals surface area contributed by atoms with Gasteiger partial charge in [0.2, 0.25) is 0 Å². The first-order chi connectivity index (χ1) is 10.8. The monoisotopic (exact) mass is 297 g/mol. The Kier molecular flexibility index (Phi) is 3.94. The van der Waals surface area contributed by atoms with E-state index in [0.717, 1.165) is 23.9 Å². The maximum Gasteiger partial charge on any atom is 0.254 e. The number of benzene rings is 1. The predicted molar refractivity (Wildman–Crippen MR) is 89.1 cm³/mol. The molecule has 4 rings (SSSR count). The van der Waals surface area contributed by atoms with E-state index in [0.29, 0.717) is 6.04 Å². The van der Waals surface area contributed by atoms with E-state index >= 15 is 0 Å². The number of carbonyl (C=O) groups excluding carboxylic acids is 1. The van der Waals surface area contributed by atoms with Crippen LogP contribution in [0.5, 0.6) is 0 Å². The van der Waals surface area contributed by atoms with E-state index < -0.39 is 0 Å². The van der Waals surface area contributed by atoms with E-state index in [1.54, 1.807) is 0 Å². The molecule has 1 aromatic rings. The Morgan fingerprint density at radius 3 is 2.18 bits per heavy atom. The van der Waals surface area contributed by atoms with Crippen LogP contribution in [0, 0.1) is 5.92 Å². The number of nitrogens with zero attached hydrogens (tertiary/aromatic N) is 1. The topological polar surface area (TPSA) is 20.3 Å². The summed E-state index contributed by atoms with van der Waals surface area (Å²) in [6.45, 7) is 0.994. The molecule has 0 radical (unpaired) electrons. The summed E-state index contributed by atoms with van der Waals surface area (Å²) in [6.07, 6.45) is 11.8. The smallest absolute Gasteiger partial charge is 0.254 e. The van der Waals surface area contributed by atoms with Crippen molar-refractivity contribution in [1.82, 2.24) is 4.90 Å². The Morgan fingerprint density at radius 2 is 1.59 bits per heavy atom. The van der Waals surface area contributed by atoms with Crippen molar-refractivity contribution >= 4 is 5.91 Å². The first-order valence-electron chi connectivity index (χ1n) is 9.22. The van der Waals surface area contributed by atoms with Gasteiger partial charge in [-0.3, -0.25) is 4.79 Å². The second-order valence-corrected chi connectivity index (χ2v) is 7.59. The van der Waals surface area contributed by atoms with Crippen molar-refractivity contribution in [2.45, 2.75) is 69.7 Å². The molecule has 0 bridgehead atoms. The number of rotatable bonds is 5. The zero-order valence-electron chi connectivity index (χ0n) is 13.5. The van der Waals surface area contributed by atoms with E-state index in [-0.39, 0.29) is 5.91 Å². The summed E-state index contributed by atoms with van der Waals surface area (Å²) in [4.78, 5) is 15.0. The molecule has 0 atom stereocenters. The summed E-state index contributed by atoms with van der Waals surface area (Å²) >= 11 is 0. The first-order valence-corrected chi connectivity index (χ1v) is 9.22. The van der Waals surface area contributed by atoms with Gasteiger partial charge in [0.1, 0.15) is 0 Å². The summed E-state index contributed by atoms with van der Waals surface area (Å²) in [5.41, 5.74) is 2.34. The molecule has 0 aliphatic heterocycles. The third-order valence-corrected chi connectivity index (χ3v) is 5.63. The predicted octanol–water partition coefficient (Wildman–Crippen LogP) is 4.75. The molecular formula is C20H27NO. The van der Waals surface area contributed by atoms with Gasteiger partial charge in [-0.2, -0.15) is 0 Å². The summed E-state index contributed by atoms with van der Waals surface area (Å²) in [5, 5.41) is 0. The van der Waals surface area contributed by atoms with Gasteiger partial charge in [0.05, 0.1) is 0 Å². The molecule has 3 aliphatic carbocycles. The molecule has 0 aromatic heterocycles. The lowest BCUT2D eigenvalue weighted by Gasteiger charge is -2.24. The molecule has 22 heavy (non-hydrogen) atoms. The lowest BCUT2D eigenvalue weighted by molar-refractivity contribution is 0.0735. The molecule has 0 N–H and O–H groups in total. The lowest BCUT2D eigenvalue weighted by atomic mass is 9.84. The molecule has 0 heterocycles. The summed E-state index contributed by atoms with van der Waals surface area (Å²) in [7, 11) is 0. The van der Waals surface area contributed by atoms with Gasteiger partial charge in [0.15, 0.2) is 0 Å². The summed E-state index contributed by atoms with van der Waals surface area (Å²) < 4.78 is 0. The molecule has 0 spiro atoms. The summed E-state index contributed by atoms with van der Waals surface area (Å²) in [6, 6.07) is 9.12. The number of carbonyl (C=O) groups is 1. The minimum atomic E-state index is 0.268. The highest BCUT2D eigenvalue weighted by Crippen LogP contribution is 2.36. The molecule has 3 saturated carbocycles. The summed E-state index contributed by atoms with van der Waals surface area (Å²) in [5.74, 6) is 1.78. The van der Waals surface area contributed by atoms with Gasteiger partial charge in [-0.15, -0.1) is 0 Å². The highest BCUT2D eigenvalue weighted by molar-refractivity contribution is 5.94. The van der Waals surface area contributed by atoms with Crippen LogP contribution in [0.4, 0.5) is 0 Å². The van der Waals surface area contributed by atoms with E-state index in [1.807, 2.05) is 0 Å². The highest BCUT2D eigenvalue weighted by Gasteiger charge is 2.36. The highest BCUT2D eigenvalue weighted by atomic mass is 16.2. The zero-order chi connectivity index (χ0) is 14.9. The average molecular weight is 297 g/mol. The van der Waals surface area contributed by atoms with Crippen LogP contribution in [0.15, 0.2) is 24.3 Å². The van der Waals surface area contributed by atoms with E-state index in [9.17, 15) is 4.79 Å². The molecule has 0 unspecified atom stereocenters. The standard InChI is InChI=1S/C20H27NO/c22-20(21(19-12-13-19)14-15-6-7-15)18-10-8-17(9-11-18)16-4-2-1-3-5-16/h8-11,15-16,19H,1-7,12-14H2. The third-order valence-electron chi connectivity index (χ3n) is 5.63. The van der Waals surface area contributed by atoms with Gasteiger partial charge >= 0.3 is 0 Å². The lowest BCUT2D eigenvalue weighted by Crippen LogP contribution is -2.34. The Morgan fingerprint density at radius 1 is 0.909 bits per heavy atom. The molecule has 118 valence electrons. The van der Waals surface area contributed by atoms with Crippen molar-refractivity contribution in [3.63, 3.8) is 0 Å². The van der Waals surface area contributed by atoms with Crippen LogP contribution in [-0.2, 0) is 0 Å². The first kappa shape index (κ1) is 14.3. The molecule has 3 fully saturated rings. The maximum absolute atomic E-state index is 12.8. The van der Waals surface area contributed by atoms with Crippen LogP contribution in [0.2, 0.25) is 0 Å². The fourth-order valence-electron chi connectivity index (χ4n) is 3.86. The molecule has 2 nitrogen and oxygen atoms in total. The van der Waals surface area contributed by atoms with Crippen molar-refractivity contribution < 1.29 is 4.79 Å². The van der Waals surface area contributed by atoms with Gasteiger partial charge in [-0.1, -0.05) is 31.4 Å². The van der Waals surface area contributed by atoms with Crippen molar-refractivity contribution in [2.24, 2.45) is 5.92 Å². The SMILES string of the molecule is O=C(c1ccc(C2CCCCC2)cc1)N(CC1CC1)C1CC1. The molecule has 0 saturated heterocycles. The number of amides is 1. The second-order valence-electron chi connectivity index (χ2n) is 7.59. The fraction of sp³-hybridized carbons (Fsp3) is 0.650. The second kappa shape index (κ2) is 6.06. The normalized spacial score (nSPS) is 22.5. The van der Waals surface area contributed by atoms with Crippen molar-refractivity contribution in [2.75, 3.05) is 6.54 Å². The molecule has 1 aromatic carbocycles. The molecular weight excluding hydrogens is 270 g/mol. The van der Waals surface area contributed by atoms with E-state index in [2.05, 4.69) is 29.2 Å². The van der Waals surface area contributed by atoms with Gasteiger partial charge in [0, 0.05) is 18.2 Å². The Hall–Kier alpha value is -1.31. The molecule has 2 heteroatoms. The van der Waals surface area contributed by atoms with Crippen LogP contribution in [-0.4, -0.2) is 23.4 Å². The fourth-order valence-corrected chi connectivity index (χ4v) is 3.86. The van der Waals surface area contributed by atoms with Crippen LogP contribution in [0.25, 0.3) is 0 Å². The van der Waals surface area contributed by atoms with Crippen molar-refractivity contribution in [1.29, 1.82) is 0 Å². The Balaban J connectivity index is 1.45. The van der Waals surface area contributed by atoms with Crippen LogP contribution >= 0.6 is 0 Å². The minimum absolute atomic E-state index is 0.268. The quantitative estimate of drug-likeness (QED) is 0.768. The van der Waals surface area contributed by atoms with Crippen LogP contribution < -0.4 is 0 Å². The maximum atomic E-state index is 12.8. The van der Waals surface area contributed by atoms with Crippen LogP contribution in [0.3, 0.4) is 0 Å². The van der Waals surface area contributed by atoms with E-state index in [1.165, 1.54) is 63.4 Å². The van der Waals surface area contributed by atoms with Gasteiger partial charge < -0.3 is 4.90 Å².